The molecule has 0 aliphatic rings. The molecule has 0 bridgehead atoms. The molecule has 3 nitrogen and oxygen atoms in total. The minimum absolute atomic E-state index is 0.170. The Morgan fingerprint density at radius 1 is 1.11 bits per heavy atom. The molecule has 0 amide bonds. The van der Waals surface area contributed by atoms with E-state index in [0.29, 0.717) is 11.1 Å². The van der Waals surface area contributed by atoms with Gasteiger partial charge in [0.2, 0.25) is 0 Å². The van der Waals surface area contributed by atoms with Gasteiger partial charge >= 0.3 is 5.97 Å². The summed E-state index contributed by atoms with van der Waals surface area (Å²) in [5.41, 5.74) is 1.88. The molecule has 0 aliphatic heterocycles. The molecule has 0 saturated carbocycles. The minimum atomic E-state index is -0.363. The predicted molar refractivity (Wildman–Crippen MR) is 66.7 cm³/mol. The zero-order chi connectivity index (χ0) is 12.8. The van der Waals surface area contributed by atoms with Gasteiger partial charge in [-0.2, -0.15) is 5.26 Å². The molecule has 0 atom stereocenters. The third-order valence-corrected chi connectivity index (χ3v) is 2.44. The highest BCUT2D eigenvalue weighted by molar-refractivity contribution is 5.89. The Balaban J connectivity index is 2.00. The second-order valence-electron chi connectivity index (χ2n) is 3.75. The average molecular weight is 237 g/mol. The van der Waals surface area contributed by atoms with Crippen molar-refractivity contribution in [2.75, 3.05) is 0 Å². The van der Waals surface area contributed by atoms with E-state index >= 15 is 0 Å². The molecule has 0 N–H and O–H groups in total. The fraction of sp³-hybridized carbons (Fsp3) is 0.0667. The van der Waals surface area contributed by atoms with Gasteiger partial charge in [0, 0.05) is 0 Å². The van der Waals surface area contributed by atoms with Gasteiger partial charge in [0.15, 0.2) is 0 Å². The first-order valence-electron chi connectivity index (χ1n) is 5.51. The normalized spacial score (nSPS) is 9.50. The Labute approximate surface area is 105 Å². The van der Waals surface area contributed by atoms with Crippen LogP contribution in [0.25, 0.3) is 0 Å². The summed E-state index contributed by atoms with van der Waals surface area (Å²) in [6.45, 7) is 0.170. The number of benzene rings is 2. The maximum absolute atomic E-state index is 11.7. The van der Waals surface area contributed by atoms with E-state index in [1.54, 1.807) is 42.5 Å². The lowest BCUT2D eigenvalue weighted by molar-refractivity contribution is 0.0472. The van der Waals surface area contributed by atoms with Crippen molar-refractivity contribution in [1.29, 1.82) is 5.26 Å². The highest BCUT2D eigenvalue weighted by Gasteiger charge is 2.06. The smallest absolute Gasteiger partial charge is 0.338 e. The largest absolute Gasteiger partial charge is 0.457 e. The van der Waals surface area contributed by atoms with Gasteiger partial charge in [0.1, 0.15) is 6.61 Å². The third kappa shape index (κ3) is 2.96. The van der Waals surface area contributed by atoms with Gasteiger partial charge in [-0.15, -0.1) is 0 Å². The number of esters is 1. The number of carbonyl (C=O) groups excluding carboxylic acids is 1. The first-order valence-corrected chi connectivity index (χ1v) is 5.51. The lowest BCUT2D eigenvalue weighted by Crippen LogP contribution is -2.04. The summed E-state index contributed by atoms with van der Waals surface area (Å²) < 4.78 is 5.17. The quantitative estimate of drug-likeness (QED) is 0.771. The first-order chi connectivity index (χ1) is 8.79. The molecule has 2 aromatic rings. The standard InChI is InChI=1S/C15H11NO2/c16-10-12-5-4-6-13(9-12)11-18-15(17)14-7-2-1-3-8-14/h1-9H,11H2. The molecule has 0 heterocycles. The summed E-state index contributed by atoms with van der Waals surface area (Å²) in [6.07, 6.45) is 0. The summed E-state index contributed by atoms with van der Waals surface area (Å²) in [5.74, 6) is -0.363. The summed E-state index contributed by atoms with van der Waals surface area (Å²) in [6, 6.07) is 17.9. The SMILES string of the molecule is N#Cc1cccc(COC(=O)c2ccccc2)c1. The van der Waals surface area contributed by atoms with Gasteiger partial charge in [-0.05, 0) is 29.8 Å². The second-order valence-corrected chi connectivity index (χ2v) is 3.75. The summed E-state index contributed by atoms with van der Waals surface area (Å²) in [4.78, 5) is 11.7. The van der Waals surface area contributed by atoms with Gasteiger partial charge in [-0.3, -0.25) is 0 Å². The zero-order valence-corrected chi connectivity index (χ0v) is 9.67. The van der Waals surface area contributed by atoms with E-state index < -0.39 is 0 Å². The monoisotopic (exact) mass is 237 g/mol. The summed E-state index contributed by atoms with van der Waals surface area (Å²) >= 11 is 0. The Hall–Kier alpha value is -2.60. The number of hydrogen-bond acceptors (Lipinski definition) is 3. The fourth-order valence-corrected chi connectivity index (χ4v) is 1.54. The van der Waals surface area contributed by atoms with Crippen LogP contribution >= 0.6 is 0 Å². The van der Waals surface area contributed by atoms with E-state index in [1.165, 1.54) is 0 Å². The lowest BCUT2D eigenvalue weighted by Gasteiger charge is -2.05. The predicted octanol–water partition coefficient (Wildman–Crippen LogP) is 2.92. The first kappa shape index (κ1) is 11.9. The third-order valence-electron chi connectivity index (χ3n) is 2.44. The number of ether oxygens (including phenoxy) is 1. The maximum atomic E-state index is 11.7. The van der Waals surface area contributed by atoms with Crippen LogP contribution in [0.15, 0.2) is 54.6 Å². The summed E-state index contributed by atoms with van der Waals surface area (Å²) in [5, 5.41) is 8.76. The van der Waals surface area contributed by atoms with Crippen LogP contribution in [0.2, 0.25) is 0 Å². The van der Waals surface area contributed by atoms with Crippen molar-refractivity contribution in [3.8, 4) is 6.07 Å². The Morgan fingerprint density at radius 2 is 1.89 bits per heavy atom. The molecule has 0 unspecified atom stereocenters. The van der Waals surface area contributed by atoms with Crippen molar-refractivity contribution in [1.82, 2.24) is 0 Å². The molecule has 2 aromatic carbocycles. The van der Waals surface area contributed by atoms with Crippen molar-refractivity contribution in [3.05, 3.63) is 71.3 Å². The molecule has 0 aliphatic carbocycles. The van der Waals surface area contributed by atoms with Crippen molar-refractivity contribution in [2.24, 2.45) is 0 Å². The van der Waals surface area contributed by atoms with Gasteiger partial charge in [-0.1, -0.05) is 30.3 Å². The summed E-state index contributed by atoms with van der Waals surface area (Å²) in [7, 11) is 0. The molecule has 0 radical (unpaired) electrons. The van der Waals surface area contributed by atoms with E-state index in [1.807, 2.05) is 18.2 Å². The second kappa shape index (κ2) is 5.65. The molecular weight excluding hydrogens is 226 g/mol. The zero-order valence-electron chi connectivity index (χ0n) is 9.67. The van der Waals surface area contributed by atoms with Crippen LogP contribution in [0.3, 0.4) is 0 Å². The van der Waals surface area contributed by atoms with Crippen molar-refractivity contribution < 1.29 is 9.53 Å². The molecule has 2 rings (SSSR count). The highest BCUT2D eigenvalue weighted by atomic mass is 16.5. The van der Waals surface area contributed by atoms with Crippen LogP contribution in [0.5, 0.6) is 0 Å². The van der Waals surface area contributed by atoms with Crippen molar-refractivity contribution in [3.63, 3.8) is 0 Å². The molecule has 3 heteroatoms. The van der Waals surface area contributed by atoms with Crippen LogP contribution < -0.4 is 0 Å². The van der Waals surface area contributed by atoms with Crippen LogP contribution in [0.1, 0.15) is 21.5 Å². The molecule has 18 heavy (non-hydrogen) atoms. The van der Waals surface area contributed by atoms with Crippen LogP contribution in [0, 0.1) is 11.3 Å². The number of carbonyl (C=O) groups is 1. The van der Waals surface area contributed by atoms with E-state index in [2.05, 4.69) is 0 Å². The number of nitriles is 1. The van der Waals surface area contributed by atoms with E-state index in [-0.39, 0.29) is 12.6 Å². The van der Waals surface area contributed by atoms with Crippen molar-refractivity contribution >= 4 is 5.97 Å². The Kier molecular flexibility index (Phi) is 3.72. The van der Waals surface area contributed by atoms with Gasteiger partial charge in [-0.25, -0.2) is 4.79 Å². The highest BCUT2D eigenvalue weighted by Crippen LogP contribution is 2.08. The molecule has 0 saturated heterocycles. The molecular formula is C15H11NO2. The average Bonchev–Trinajstić information content (AvgIpc) is 2.46. The van der Waals surface area contributed by atoms with Crippen LogP contribution in [-0.4, -0.2) is 5.97 Å². The minimum Gasteiger partial charge on any atom is -0.457 e. The molecule has 0 spiro atoms. The molecule has 0 aromatic heterocycles. The van der Waals surface area contributed by atoms with Crippen LogP contribution in [0.4, 0.5) is 0 Å². The Morgan fingerprint density at radius 3 is 2.61 bits per heavy atom. The molecule has 88 valence electrons. The number of hydrogen-bond donors (Lipinski definition) is 0. The van der Waals surface area contributed by atoms with E-state index in [0.717, 1.165) is 5.56 Å². The van der Waals surface area contributed by atoms with E-state index in [4.69, 9.17) is 10.00 Å². The number of nitrogens with zero attached hydrogens (tertiary/aromatic N) is 1. The van der Waals surface area contributed by atoms with Gasteiger partial charge < -0.3 is 4.74 Å². The van der Waals surface area contributed by atoms with Gasteiger partial charge in [0.25, 0.3) is 0 Å². The van der Waals surface area contributed by atoms with Crippen LogP contribution in [-0.2, 0) is 11.3 Å². The topological polar surface area (TPSA) is 50.1 Å². The van der Waals surface area contributed by atoms with E-state index in [9.17, 15) is 4.79 Å². The fourth-order valence-electron chi connectivity index (χ4n) is 1.54. The maximum Gasteiger partial charge on any atom is 0.338 e. The Bertz CT molecular complexity index is 585. The number of rotatable bonds is 3. The molecule has 0 fully saturated rings. The van der Waals surface area contributed by atoms with Gasteiger partial charge in [0.05, 0.1) is 17.2 Å². The lowest BCUT2D eigenvalue weighted by atomic mass is 10.1. The van der Waals surface area contributed by atoms with Crippen molar-refractivity contribution in [2.45, 2.75) is 6.61 Å².